The maximum Gasteiger partial charge on any atom is 0.229 e. The molecule has 122 valence electrons. The van der Waals surface area contributed by atoms with Gasteiger partial charge >= 0.3 is 0 Å². The van der Waals surface area contributed by atoms with Gasteiger partial charge in [-0.1, -0.05) is 35.9 Å². The summed E-state index contributed by atoms with van der Waals surface area (Å²) in [6.45, 7) is 1.73. The van der Waals surface area contributed by atoms with E-state index in [1.807, 2.05) is 36.4 Å². The first kappa shape index (κ1) is 16.2. The van der Waals surface area contributed by atoms with Gasteiger partial charge < -0.3 is 15.7 Å². The van der Waals surface area contributed by atoms with Crippen LogP contribution in [-0.4, -0.2) is 15.1 Å². The first-order chi connectivity index (χ1) is 11.6. The summed E-state index contributed by atoms with van der Waals surface area (Å²) < 4.78 is 0. The molecule has 1 aromatic heterocycles. The van der Waals surface area contributed by atoms with Crippen molar-refractivity contribution in [1.82, 2.24) is 9.97 Å². The minimum atomic E-state index is -0.570. The second kappa shape index (κ2) is 7.29. The molecule has 3 rings (SSSR count). The molecular formula is C18H17ClN4O. The number of hydrogen-bond donors (Lipinski definition) is 3. The fourth-order valence-corrected chi connectivity index (χ4v) is 2.49. The topological polar surface area (TPSA) is 70.1 Å². The average Bonchev–Trinajstić information content (AvgIpc) is 2.55. The summed E-state index contributed by atoms with van der Waals surface area (Å²) in [4.78, 5) is 8.64. The number of rotatable bonds is 5. The van der Waals surface area contributed by atoms with Crippen LogP contribution in [0.15, 0.2) is 60.8 Å². The summed E-state index contributed by atoms with van der Waals surface area (Å²) in [5, 5.41) is 16.8. The van der Waals surface area contributed by atoms with Crippen LogP contribution in [0.3, 0.4) is 0 Å². The number of hydrogen-bond acceptors (Lipinski definition) is 5. The molecule has 24 heavy (non-hydrogen) atoms. The quantitative estimate of drug-likeness (QED) is 0.629. The fourth-order valence-electron chi connectivity index (χ4n) is 2.30. The number of benzene rings is 2. The molecule has 0 bridgehead atoms. The van der Waals surface area contributed by atoms with Gasteiger partial charge in [0, 0.05) is 28.2 Å². The molecule has 6 heteroatoms. The lowest BCUT2D eigenvalue weighted by Crippen LogP contribution is -2.03. The predicted octanol–water partition coefficient (Wildman–Crippen LogP) is 4.67. The maximum atomic E-state index is 9.86. The van der Waals surface area contributed by atoms with Gasteiger partial charge in [-0.05, 0) is 37.3 Å². The van der Waals surface area contributed by atoms with Crippen molar-refractivity contribution in [2.24, 2.45) is 0 Å². The monoisotopic (exact) mass is 340 g/mol. The summed E-state index contributed by atoms with van der Waals surface area (Å²) >= 11 is 5.98. The lowest BCUT2D eigenvalue weighted by Gasteiger charge is -2.14. The highest BCUT2D eigenvalue weighted by molar-refractivity contribution is 6.30. The number of anilines is 4. The number of aliphatic hydroxyl groups is 1. The molecule has 0 saturated carbocycles. The van der Waals surface area contributed by atoms with Crippen LogP contribution in [0.2, 0.25) is 5.02 Å². The number of halogens is 1. The second-order valence-electron chi connectivity index (χ2n) is 5.29. The molecule has 0 aliphatic rings. The Labute approximate surface area is 145 Å². The normalized spacial score (nSPS) is 11.8. The van der Waals surface area contributed by atoms with E-state index in [-0.39, 0.29) is 0 Å². The van der Waals surface area contributed by atoms with Crippen LogP contribution in [-0.2, 0) is 0 Å². The molecule has 0 spiro atoms. The van der Waals surface area contributed by atoms with Crippen molar-refractivity contribution >= 4 is 34.7 Å². The van der Waals surface area contributed by atoms with Gasteiger partial charge in [0.25, 0.3) is 0 Å². The van der Waals surface area contributed by atoms with E-state index in [0.29, 0.717) is 16.8 Å². The van der Waals surface area contributed by atoms with Gasteiger partial charge in [0.05, 0.1) is 6.10 Å². The number of aliphatic hydroxyl groups excluding tert-OH is 1. The van der Waals surface area contributed by atoms with Crippen LogP contribution in [0.5, 0.6) is 0 Å². The summed E-state index contributed by atoms with van der Waals surface area (Å²) in [7, 11) is 0. The van der Waals surface area contributed by atoms with E-state index in [9.17, 15) is 5.11 Å². The maximum absolute atomic E-state index is 9.86. The van der Waals surface area contributed by atoms with Crippen molar-refractivity contribution in [3.8, 4) is 0 Å². The molecule has 0 aliphatic carbocycles. The van der Waals surface area contributed by atoms with Crippen molar-refractivity contribution < 1.29 is 5.11 Å². The van der Waals surface area contributed by atoms with E-state index >= 15 is 0 Å². The Morgan fingerprint density at radius 2 is 1.88 bits per heavy atom. The SMILES string of the molecule is CC(O)c1ccccc1Nc1ccnc(Nc2cccc(Cl)c2)n1. The molecule has 3 aromatic rings. The Morgan fingerprint density at radius 1 is 1.04 bits per heavy atom. The van der Waals surface area contributed by atoms with E-state index in [2.05, 4.69) is 20.6 Å². The number of aromatic nitrogens is 2. The van der Waals surface area contributed by atoms with E-state index in [1.54, 1.807) is 31.3 Å². The van der Waals surface area contributed by atoms with Crippen molar-refractivity contribution in [3.05, 3.63) is 71.4 Å². The standard InChI is InChI=1S/C18H17ClN4O/c1-12(24)15-7-2-3-8-16(15)22-17-9-10-20-18(23-17)21-14-6-4-5-13(19)11-14/h2-12,24H,1H3,(H2,20,21,22,23). The lowest BCUT2D eigenvalue weighted by atomic mass is 10.1. The van der Waals surface area contributed by atoms with E-state index < -0.39 is 6.10 Å². The van der Waals surface area contributed by atoms with Gasteiger partial charge in [-0.25, -0.2) is 4.98 Å². The Kier molecular flexibility index (Phi) is 4.93. The molecule has 0 amide bonds. The molecule has 1 heterocycles. The Morgan fingerprint density at radius 3 is 2.67 bits per heavy atom. The third-order valence-corrected chi connectivity index (χ3v) is 3.65. The van der Waals surface area contributed by atoms with Gasteiger partial charge in [-0.3, -0.25) is 0 Å². The zero-order valence-electron chi connectivity index (χ0n) is 13.1. The fraction of sp³-hybridized carbons (Fsp3) is 0.111. The van der Waals surface area contributed by atoms with Crippen molar-refractivity contribution in [1.29, 1.82) is 0 Å². The molecular weight excluding hydrogens is 324 g/mol. The zero-order valence-corrected chi connectivity index (χ0v) is 13.8. The molecule has 1 atom stereocenters. The van der Waals surface area contributed by atoms with E-state index in [4.69, 9.17) is 11.6 Å². The van der Waals surface area contributed by atoms with Crippen molar-refractivity contribution in [2.45, 2.75) is 13.0 Å². The molecule has 1 unspecified atom stereocenters. The Balaban J connectivity index is 1.81. The smallest absolute Gasteiger partial charge is 0.229 e. The van der Waals surface area contributed by atoms with Crippen molar-refractivity contribution in [2.75, 3.05) is 10.6 Å². The first-order valence-corrected chi connectivity index (χ1v) is 7.89. The van der Waals surface area contributed by atoms with Crippen LogP contribution in [0, 0.1) is 0 Å². The molecule has 0 fully saturated rings. The second-order valence-corrected chi connectivity index (χ2v) is 5.73. The molecule has 0 radical (unpaired) electrons. The van der Waals surface area contributed by atoms with Crippen LogP contribution in [0.1, 0.15) is 18.6 Å². The number of nitrogens with one attached hydrogen (secondary N) is 2. The highest BCUT2D eigenvalue weighted by Crippen LogP contribution is 2.25. The largest absolute Gasteiger partial charge is 0.389 e. The molecule has 3 N–H and O–H groups in total. The zero-order chi connectivity index (χ0) is 16.9. The summed E-state index contributed by atoms with van der Waals surface area (Å²) in [5.41, 5.74) is 2.42. The van der Waals surface area contributed by atoms with Crippen LogP contribution >= 0.6 is 11.6 Å². The molecule has 5 nitrogen and oxygen atoms in total. The van der Waals surface area contributed by atoms with E-state index in [0.717, 1.165) is 16.9 Å². The first-order valence-electron chi connectivity index (χ1n) is 7.51. The van der Waals surface area contributed by atoms with Gasteiger partial charge in [0.15, 0.2) is 0 Å². The number of para-hydroxylation sites is 1. The molecule has 0 aliphatic heterocycles. The summed E-state index contributed by atoms with van der Waals surface area (Å²) in [6, 6.07) is 16.7. The number of nitrogens with zero attached hydrogens (tertiary/aromatic N) is 2. The lowest BCUT2D eigenvalue weighted by molar-refractivity contribution is 0.200. The van der Waals surface area contributed by atoms with Gasteiger partial charge in [-0.15, -0.1) is 0 Å². The van der Waals surface area contributed by atoms with Crippen LogP contribution in [0.25, 0.3) is 0 Å². The Hall–Kier alpha value is -2.63. The highest BCUT2D eigenvalue weighted by Gasteiger charge is 2.08. The highest BCUT2D eigenvalue weighted by atomic mass is 35.5. The predicted molar refractivity (Wildman–Crippen MR) is 97.1 cm³/mol. The van der Waals surface area contributed by atoms with Gasteiger partial charge in [0.1, 0.15) is 5.82 Å². The van der Waals surface area contributed by atoms with Gasteiger partial charge in [0.2, 0.25) is 5.95 Å². The third-order valence-electron chi connectivity index (χ3n) is 3.41. The Bertz CT molecular complexity index is 839. The average molecular weight is 341 g/mol. The van der Waals surface area contributed by atoms with E-state index in [1.165, 1.54) is 0 Å². The molecule has 0 saturated heterocycles. The molecule has 2 aromatic carbocycles. The minimum absolute atomic E-state index is 0.455. The third kappa shape index (κ3) is 4.01. The van der Waals surface area contributed by atoms with Crippen LogP contribution < -0.4 is 10.6 Å². The van der Waals surface area contributed by atoms with Crippen LogP contribution in [0.4, 0.5) is 23.1 Å². The summed E-state index contributed by atoms with van der Waals surface area (Å²) in [5.74, 6) is 1.08. The minimum Gasteiger partial charge on any atom is -0.389 e. The van der Waals surface area contributed by atoms with Gasteiger partial charge in [-0.2, -0.15) is 4.98 Å². The summed E-state index contributed by atoms with van der Waals surface area (Å²) in [6.07, 6.45) is 1.09. The van der Waals surface area contributed by atoms with Crippen molar-refractivity contribution in [3.63, 3.8) is 0 Å².